The number of halogens is 2. The van der Waals surface area contributed by atoms with E-state index in [1.165, 1.54) is 6.07 Å². The first-order chi connectivity index (χ1) is 9.11. The van der Waals surface area contributed by atoms with Gasteiger partial charge in [0, 0.05) is 0 Å². The molecule has 2 aromatic rings. The molecule has 1 atom stereocenters. The van der Waals surface area contributed by atoms with E-state index in [4.69, 9.17) is 22.1 Å². The molecule has 0 spiro atoms. The van der Waals surface area contributed by atoms with Gasteiger partial charge in [-0.3, -0.25) is 0 Å². The van der Waals surface area contributed by atoms with Gasteiger partial charge in [-0.15, -0.1) is 0 Å². The topological polar surface area (TPSA) is 35.2 Å². The van der Waals surface area contributed by atoms with Gasteiger partial charge in [0.05, 0.1) is 17.7 Å². The van der Waals surface area contributed by atoms with Gasteiger partial charge in [0.2, 0.25) is 0 Å². The normalized spacial score (nSPS) is 12.2. The Morgan fingerprint density at radius 3 is 2.37 bits per heavy atom. The molecule has 0 amide bonds. The summed E-state index contributed by atoms with van der Waals surface area (Å²) in [5.41, 5.74) is 7.83. The van der Waals surface area contributed by atoms with E-state index >= 15 is 0 Å². The summed E-state index contributed by atoms with van der Waals surface area (Å²) in [4.78, 5) is 0. The van der Waals surface area contributed by atoms with Crippen molar-refractivity contribution in [2.45, 2.75) is 13.0 Å². The molecule has 0 bridgehead atoms. The zero-order chi connectivity index (χ0) is 13.8. The Balaban J connectivity index is 2.22. The Morgan fingerprint density at radius 2 is 1.79 bits per heavy atom. The van der Waals surface area contributed by atoms with E-state index in [2.05, 4.69) is 0 Å². The highest BCUT2D eigenvalue weighted by Gasteiger charge is 2.11. The minimum atomic E-state index is -0.440. The van der Waals surface area contributed by atoms with E-state index in [1.807, 2.05) is 31.2 Å². The van der Waals surface area contributed by atoms with Crippen molar-refractivity contribution in [1.82, 2.24) is 0 Å². The summed E-state index contributed by atoms with van der Waals surface area (Å²) >= 11 is 5.76. The Labute approximate surface area is 117 Å². The van der Waals surface area contributed by atoms with E-state index in [-0.39, 0.29) is 11.1 Å². The maximum absolute atomic E-state index is 13.1. The van der Waals surface area contributed by atoms with Gasteiger partial charge in [0.15, 0.2) is 0 Å². The van der Waals surface area contributed by atoms with Crippen molar-refractivity contribution in [2.24, 2.45) is 5.73 Å². The second-order valence-corrected chi connectivity index (χ2v) is 4.56. The third-order valence-corrected chi connectivity index (χ3v) is 3.14. The summed E-state index contributed by atoms with van der Waals surface area (Å²) < 4.78 is 18.5. The third-order valence-electron chi connectivity index (χ3n) is 2.85. The van der Waals surface area contributed by atoms with E-state index in [0.717, 1.165) is 16.9 Å². The summed E-state index contributed by atoms with van der Waals surface area (Å²) in [5, 5.41) is 0.0823. The van der Waals surface area contributed by atoms with Crippen molar-refractivity contribution in [3.8, 4) is 5.75 Å². The minimum Gasteiger partial charge on any atom is -0.494 e. The summed E-state index contributed by atoms with van der Waals surface area (Å²) in [6, 6.07) is 11.7. The first kappa shape index (κ1) is 13.8. The van der Waals surface area contributed by atoms with Crippen LogP contribution in [-0.2, 0) is 0 Å². The molecule has 1 unspecified atom stereocenters. The predicted molar refractivity (Wildman–Crippen MR) is 75.1 cm³/mol. The fraction of sp³-hybridized carbons (Fsp3) is 0.200. The van der Waals surface area contributed by atoms with Crippen LogP contribution in [0.25, 0.3) is 0 Å². The van der Waals surface area contributed by atoms with Crippen molar-refractivity contribution in [3.05, 3.63) is 64.4 Å². The molecule has 0 aliphatic carbocycles. The van der Waals surface area contributed by atoms with Crippen molar-refractivity contribution in [3.63, 3.8) is 0 Å². The fourth-order valence-electron chi connectivity index (χ4n) is 1.84. The van der Waals surface area contributed by atoms with Crippen LogP contribution in [0.5, 0.6) is 5.75 Å². The van der Waals surface area contributed by atoms with Crippen LogP contribution in [0.4, 0.5) is 4.39 Å². The molecule has 2 N–H and O–H groups in total. The van der Waals surface area contributed by atoms with Gasteiger partial charge in [0.25, 0.3) is 0 Å². The molecule has 0 aromatic heterocycles. The SMILES string of the molecule is CCOc1ccc(C(N)c2ccc(F)c(Cl)c2)cc1. The summed E-state index contributed by atoms with van der Waals surface area (Å²) in [6.45, 7) is 2.55. The van der Waals surface area contributed by atoms with Crippen LogP contribution in [0.3, 0.4) is 0 Å². The van der Waals surface area contributed by atoms with Crippen molar-refractivity contribution >= 4 is 11.6 Å². The zero-order valence-corrected chi connectivity index (χ0v) is 11.3. The number of benzene rings is 2. The lowest BCUT2D eigenvalue weighted by molar-refractivity contribution is 0.340. The molecule has 0 aliphatic heterocycles. The number of nitrogens with two attached hydrogens (primary N) is 1. The van der Waals surface area contributed by atoms with Crippen LogP contribution in [-0.4, -0.2) is 6.61 Å². The highest BCUT2D eigenvalue weighted by atomic mass is 35.5. The summed E-state index contributed by atoms with van der Waals surface area (Å²) in [5.74, 6) is 0.361. The molecular weight excluding hydrogens is 265 g/mol. The number of hydrogen-bond acceptors (Lipinski definition) is 2. The van der Waals surface area contributed by atoms with E-state index in [0.29, 0.717) is 6.61 Å². The first-order valence-corrected chi connectivity index (χ1v) is 6.43. The molecule has 0 saturated heterocycles. The second kappa shape index (κ2) is 6.04. The van der Waals surface area contributed by atoms with Crippen molar-refractivity contribution in [2.75, 3.05) is 6.61 Å². The lowest BCUT2D eigenvalue weighted by Gasteiger charge is -2.14. The molecule has 4 heteroatoms. The maximum Gasteiger partial charge on any atom is 0.141 e. The zero-order valence-electron chi connectivity index (χ0n) is 10.6. The molecule has 0 heterocycles. The molecule has 19 heavy (non-hydrogen) atoms. The van der Waals surface area contributed by atoms with Crippen molar-refractivity contribution < 1.29 is 9.13 Å². The van der Waals surface area contributed by atoms with Gasteiger partial charge in [0.1, 0.15) is 11.6 Å². The molecule has 0 radical (unpaired) electrons. The monoisotopic (exact) mass is 279 g/mol. The van der Waals surface area contributed by atoms with Gasteiger partial charge in [-0.2, -0.15) is 0 Å². The summed E-state index contributed by atoms with van der Waals surface area (Å²) in [7, 11) is 0. The lowest BCUT2D eigenvalue weighted by Crippen LogP contribution is -2.11. The Hall–Kier alpha value is -1.58. The number of ether oxygens (including phenoxy) is 1. The molecule has 0 fully saturated rings. The van der Waals surface area contributed by atoms with Gasteiger partial charge in [-0.05, 0) is 42.3 Å². The first-order valence-electron chi connectivity index (χ1n) is 6.05. The molecule has 0 aliphatic rings. The quantitative estimate of drug-likeness (QED) is 0.920. The third kappa shape index (κ3) is 3.25. The largest absolute Gasteiger partial charge is 0.494 e. The molecule has 2 rings (SSSR count). The van der Waals surface area contributed by atoms with Crippen LogP contribution in [0.2, 0.25) is 5.02 Å². The summed E-state index contributed by atoms with van der Waals surface area (Å²) in [6.07, 6.45) is 0. The molecule has 2 aromatic carbocycles. The van der Waals surface area contributed by atoms with E-state index < -0.39 is 5.82 Å². The fourth-order valence-corrected chi connectivity index (χ4v) is 2.03. The molecular formula is C15H15ClFNO. The molecule has 100 valence electrons. The molecule has 2 nitrogen and oxygen atoms in total. The minimum absolute atomic E-state index is 0.0823. The van der Waals surface area contributed by atoms with Crippen LogP contribution in [0, 0.1) is 5.82 Å². The lowest BCUT2D eigenvalue weighted by atomic mass is 9.99. The standard InChI is InChI=1S/C15H15ClFNO/c1-2-19-12-6-3-10(4-7-12)15(18)11-5-8-14(17)13(16)9-11/h3-9,15H,2,18H2,1H3. The van der Waals surface area contributed by atoms with Gasteiger partial charge in [-0.1, -0.05) is 29.8 Å². The maximum atomic E-state index is 13.1. The smallest absolute Gasteiger partial charge is 0.141 e. The average molecular weight is 280 g/mol. The highest BCUT2D eigenvalue weighted by molar-refractivity contribution is 6.30. The van der Waals surface area contributed by atoms with Crippen LogP contribution >= 0.6 is 11.6 Å². The Morgan fingerprint density at radius 1 is 1.16 bits per heavy atom. The van der Waals surface area contributed by atoms with Gasteiger partial charge >= 0.3 is 0 Å². The Kier molecular flexibility index (Phi) is 4.40. The molecule has 0 saturated carbocycles. The number of rotatable bonds is 4. The second-order valence-electron chi connectivity index (χ2n) is 4.15. The number of hydrogen-bond donors (Lipinski definition) is 1. The van der Waals surface area contributed by atoms with E-state index in [1.54, 1.807) is 12.1 Å². The van der Waals surface area contributed by atoms with Crippen molar-refractivity contribution in [1.29, 1.82) is 0 Å². The highest BCUT2D eigenvalue weighted by Crippen LogP contribution is 2.25. The average Bonchev–Trinajstić information content (AvgIpc) is 2.42. The Bertz CT molecular complexity index is 557. The van der Waals surface area contributed by atoms with E-state index in [9.17, 15) is 4.39 Å². The van der Waals surface area contributed by atoms with Gasteiger partial charge < -0.3 is 10.5 Å². The van der Waals surface area contributed by atoms with Crippen LogP contribution < -0.4 is 10.5 Å². The van der Waals surface area contributed by atoms with Crippen LogP contribution in [0.1, 0.15) is 24.1 Å². The van der Waals surface area contributed by atoms with Crippen LogP contribution in [0.15, 0.2) is 42.5 Å². The predicted octanol–water partition coefficient (Wildman–Crippen LogP) is 3.93. The van der Waals surface area contributed by atoms with Gasteiger partial charge in [-0.25, -0.2) is 4.39 Å².